The highest BCUT2D eigenvalue weighted by atomic mass is 19.4. The molecular weight excluding hydrogens is 371 g/mol. The molecule has 0 aromatic heterocycles. The second-order valence-corrected chi connectivity index (χ2v) is 6.32. The number of rotatable bonds is 5. The zero-order chi connectivity index (χ0) is 20.1. The molecule has 5 nitrogen and oxygen atoms in total. The molecule has 3 rings (SSSR count). The summed E-state index contributed by atoms with van der Waals surface area (Å²) < 4.78 is 39.0. The fraction of sp³-hybridized carbons (Fsp3) is 0.250. The van der Waals surface area contributed by atoms with E-state index in [9.17, 15) is 18.0 Å². The number of oxime groups is 1. The van der Waals surface area contributed by atoms with Crippen molar-refractivity contribution < 1.29 is 22.8 Å². The number of nitriles is 1. The van der Waals surface area contributed by atoms with E-state index in [0.717, 1.165) is 5.56 Å². The number of carbonyl (C=O) groups excluding carboxylic acids is 1. The topological polar surface area (TPSA) is 65.7 Å². The molecule has 8 heteroatoms. The van der Waals surface area contributed by atoms with E-state index in [1.165, 1.54) is 24.3 Å². The van der Waals surface area contributed by atoms with Crippen molar-refractivity contribution in [2.45, 2.75) is 25.2 Å². The molecule has 1 unspecified atom stereocenters. The normalized spacial score (nSPS) is 16.1. The van der Waals surface area contributed by atoms with Crippen LogP contribution in [-0.4, -0.2) is 35.3 Å². The van der Waals surface area contributed by atoms with Gasteiger partial charge in [0.25, 0.3) is 5.91 Å². The third kappa shape index (κ3) is 4.88. The van der Waals surface area contributed by atoms with Gasteiger partial charge < -0.3 is 9.74 Å². The third-order valence-electron chi connectivity index (χ3n) is 4.19. The van der Waals surface area contributed by atoms with Crippen LogP contribution >= 0.6 is 0 Å². The summed E-state index contributed by atoms with van der Waals surface area (Å²) in [4.78, 5) is 18.5. The van der Waals surface area contributed by atoms with Crippen molar-refractivity contribution in [2.24, 2.45) is 5.16 Å². The van der Waals surface area contributed by atoms with Crippen molar-refractivity contribution in [3.05, 3.63) is 71.3 Å². The van der Waals surface area contributed by atoms with Crippen molar-refractivity contribution >= 4 is 11.6 Å². The molecule has 144 valence electrons. The summed E-state index contributed by atoms with van der Waals surface area (Å²) in [6.45, 7) is -1.64. The fourth-order valence-corrected chi connectivity index (χ4v) is 2.85. The maximum absolute atomic E-state index is 13.0. The molecule has 1 aliphatic heterocycles. The van der Waals surface area contributed by atoms with Crippen LogP contribution in [0.15, 0.2) is 59.8 Å². The molecule has 0 saturated carbocycles. The fourth-order valence-electron chi connectivity index (χ4n) is 2.85. The lowest BCUT2D eigenvalue weighted by atomic mass is 10.0. The Hall–Kier alpha value is -3.34. The van der Waals surface area contributed by atoms with Gasteiger partial charge in [0.05, 0.1) is 17.3 Å². The van der Waals surface area contributed by atoms with Crippen molar-refractivity contribution in [3.8, 4) is 6.07 Å². The Morgan fingerprint density at radius 3 is 2.46 bits per heavy atom. The maximum atomic E-state index is 13.0. The van der Waals surface area contributed by atoms with Gasteiger partial charge in [-0.2, -0.15) is 18.4 Å². The van der Waals surface area contributed by atoms with Gasteiger partial charge in [0, 0.05) is 13.0 Å². The van der Waals surface area contributed by atoms with Crippen LogP contribution in [0.3, 0.4) is 0 Å². The minimum absolute atomic E-state index is 0.102. The monoisotopic (exact) mass is 387 g/mol. The molecule has 1 amide bonds. The molecule has 2 aromatic rings. The Morgan fingerprint density at radius 2 is 1.86 bits per heavy atom. The van der Waals surface area contributed by atoms with Gasteiger partial charge in [0.15, 0.2) is 0 Å². The number of carbonyl (C=O) groups is 1. The van der Waals surface area contributed by atoms with Crippen molar-refractivity contribution in [2.75, 3.05) is 6.54 Å². The molecule has 0 spiro atoms. The van der Waals surface area contributed by atoms with E-state index in [2.05, 4.69) is 5.16 Å². The average molecular weight is 387 g/mol. The van der Waals surface area contributed by atoms with Crippen LogP contribution in [0.1, 0.15) is 23.1 Å². The van der Waals surface area contributed by atoms with E-state index < -0.39 is 24.7 Å². The van der Waals surface area contributed by atoms with Crippen molar-refractivity contribution in [1.29, 1.82) is 5.26 Å². The van der Waals surface area contributed by atoms with Crippen LogP contribution in [0, 0.1) is 11.3 Å². The molecule has 0 N–H and O–H groups in total. The van der Waals surface area contributed by atoms with Crippen LogP contribution < -0.4 is 0 Å². The summed E-state index contributed by atoms with van der Waals surface area (Å²) in [7, 11) is 0. The number of nitrogens with zero attached hydrogens (tertiary/aromatic N) is 3. The molecule has 1 heterocycles. The molecule has 0 radical (unpaired) electrons. The Bertz CT molecular complexity index is 903. The summed E-state index contributed by atoms with van der Waals surface area (Å²) in [5.41, 5.74) is 2.15. The summed E-state index contributed by atoms with van der Waals surface area (Å²) in [5.74, 6) is -0.781. The zero-order valence-electron chi connectivity index (χ0n) is 14.7. The predicted molar refractivity (Wildman–Crippen MR) is 95.1 cm³/mol. The second-order valence-electron chi connectivity index (χ2n) is 6.32. The Kier molecular flexibility index (Phi) is 5.64. The summed E-state index contributed by atoms with van der Waals surface area (Å²) in [6, 6.07) is 17.0. The first-order valence-corrected chi connectivity index (χ1v) is 8.48. The van der Waals surface area contributed by atoms with E-state index in [0.29, 0.717) is 21.7 Å². The first kappa shape index (κ1) is 19.4. The standard InChI is InChI=1S/C20H16F3N3O2/c21-20(22,23)13-26(12-15-8-6-14(11-24)7-9-15)19(27)18-10-17(25-28-18)16-4-2-1-3-5-16/h1-9,18H,10,12-13H2. The van der Waals surface area contributed by atoms with Crippen LogP contribution in [0.25, 0.3) is 0 Å². The first-order valence-electron chi connectivity index (χ1n) is 8.48. The highest BCUT2D eigenvalue weighted by Crippen LogP contribution is 2.23. The smallest absolute Gasteiger partial charge is 0.382 e. The van der Waals surface area contributed by atoms with Gasteiger partial charge in [-0.1, -0.05) is 47.6 Å². The molecular formula is C20H16F3N3O2. The van der Waals surface area contributed by atoms with Gasteiger partial charge in [-0.15, -0.1) is 0 Å². The van der Waals surface area contributed by atoms with Crippen LogP contribution in [0.4, 0.5) is 13.2 Å². The Balaban J connectivity index is 1.73. The van der Waals surface area contributed by atoms with Gasteiger partial charge in [-0.3, -0.25) is 4.79 Å². The SMILES string of the molecule is N#Cc1ccc(CN(CC(F)(F)F)C(=O)C2CC(c3ccccc3)=NO2)cc1. The molecule has 2 aromatic carbocycles. The molecule has 1 atom stereocenters. The van der Waals surface area contributed by atoms with Crippen LogP contribution in [0.5, 0.6) is 0 Å². The molecule has 1 aliphatic rings. The number of halogens is 3. The third-order valence-corrected chi connectivity index (χ3v) is 4.19. The summed E-state index contributed by atoms with van der Waals surface area (Å²) >= 11 is 0. The molecule has 0 fully saturated rings. The Labute approximate surface area is 159 Å². The quantitative estimate of drug-likeness (QED) is 0.787. The van der Waals surface area contributed by atoms with Crippen LogP contribution in [0.2, 0.25) is 0 Å². The van der Waals surface area contributed by atoms with E-state index in [-0.39, 0.29) is 13.0 Å². The highest BCUT2D eigenvalue weighted by molar-refractivity contribution is 6.04. The second kappa shape index (κ2) is 8.13. The molecule has 0 aliphatic carbocycles. The minimum Gasteiger partial charge on any atom is -0.382 e. The number of hydrogen-bond acceptors (Lipinski definition) is 4. The number of alkyl halides is 3. The number of benzene rings is 2. The van der Waals surface area contributed by atoms with Gasteiger partial charge in [-0.05, 0) is 23.3 Å². The van der Waals surface area contributed by atoms with Gasteiger partial charge in [-0.25, -0.2) is 0 Å². The van der Waals surface area contributed by atoms with E-state index >= 15 is 0 Å². The number of amides is 1. The molecule has 28 heavy (non-hydrogen) atoms. The largest absolute Gasteiger partial charge is 0.406 e. The summed E-state index contributed by atoms with van der Waals surface area (Å²) in [5, 5.41) is 12.7. The molecule has 0 bridgehead atoms. The first-order chi connectivity index (χ1) is 13.4. The maximum Gasteiger partial charge on any atom is 0.406 e. The average Bonchev–Trinajstić information content (AvgIpc) is 3.17. The lowest BCUT2D eigenvalue weighted by Crippen LogP contribution is -2.43. The van der Waals surface area contributed by atoms with Gasteiger partial charge >= 0.3 is 6.18 Å². The van der Waals surface area contributed by atoms with Crippen molar-refractivity contribution in [3.63, 3.8) is 0 Å². The summed E-state index contributed by atoms with van der Waals surface area (Å²) in [6.07, 6.45) is -5.55. The van der Waals surface area contributed by atoms with Crippen molar-refractivity contribution in [1.82, 2.24) is 4.90 Å². The van der Waals surface area contributed by atoms with Gasteiger partial charge in [0.1, 0.15) is 6.54 Å². The highest BCUT2D eigenvalue weighted by Gasteiger charge is 2.38. The number of hydrogen-bond donors (Lipinski definition) is 0. The lowest BCUT2D eigenvalue weighted by molar-refractivity contribution is -0.168. The minimum atomic E-state index is -4.55. The predicted octanol–water partition coefficient (Wildman–Crippen LogP) is 3.64. The van der Waals surface area contributed by atoms with E-state index in [4.69, 9.17) is 10.1 Å². The lowest BCUT2D eigenvalue weighted by Gasteiger charge is -2.25. The molecule has 0 saturated heterocycles. The van der Waals surface area contributed by atoms with E-state index in [1.807, 2.05) is 12.1 Å². The van der Waals surface area contributed by atoms with Crippen LogP contribution in [-0.2, 0) is 16.2 Å². The van der Waals surface area contributed by atoms with E-state index in [1.54, 1.807) is 24.3 Å². The van der Waals surface area contributed by atoms with Gasteiger partial charge in [0.2, 0.25) is 6.10 Å². The Morgan fingerprint density at radius 1 is 1.18 bits per heavy atom. The zero-order valence-corrected chi connectivity index (χ0v) is 14.7.